The Morgan fingerprint density at radius 2 is 1.58 bits per heavy atom. The Morgan fingerprint density at radius 3 is 2.35 bits per heavy atom. The summed E-state index contributed by atoms with van der Waals surface area (Å²) in [4.78, 5) is 30.2. The smallest absolute Gasteiger partial charge is 0.262 e. The van der Waals surface area contributed by atoms with E-state index in [1.54, 1.807) is 10.6 Å². The van der Waals surface area contributed by atoms with Crippen molar-refractivity contribution in [2.24, 2.45) is 0 Å². The van der Waals surface area contributed by atoms with Crippen molar-refractivity contribution in [1.29, 1.82) is 0 Å². The number of nitrogens with one attached hydrogen (secondary N) is 1. The lowest BCUT2D eigenvalue weighted by atomic mass is 10.1. The molecule has 6 heteroatoms. The van der Waals surface area contributed by atoms with Crippen LogP contribution >= 0.6 is 11.8 Å². The van der Waals surface area contributed by atoms with Gasteiger partial charge in [0.25, 0.3) is 5.56 Å². The first-order valence-corrected chi connectivity index (χ1v) is 11.2. The normalized spacial score (nSPS) is 10.8. The predicted octanol–water partition coefficient (Wildman–Crippen LogP) is 4.76. The number of nitrogens with zero attached hydrogens (tertiary/aromatic N) is 2. The van der Waals surface area contributed by atoms with Crippen molar-refractivity contribution in [3.8, 4) is 0 Å². The Kier molecular flexibility index (Phi) is 6.79. The maximum atomic E-state index is 13.1. The lowest BCUT2D eigenvalue weighted by Gasteiger charge is -2.13. The number of fused-ring (bicyclic) bond motifs is 1. The maximum absolute atomic E-state index is 13.1. The third-order valence-corrected chi connectivity index (χ3v) is 5.88. The number of carbonyl (C=O) groups excluding carboxylic acids is 1. The van der Waals surface area contributed by atoms with Gasteiger partial charge in [-0.15, -0.1) is 0 Å². The minimum Gasteiger partial charge on any atom is -0.325 e. The summed E-state index contributed by atoms with van der Waals surface area (Å²) in [6.45, 7) is 0.550. The number of carbonyl (C=O) groups is 1. The molecule has 0 fully saturated rings. The summed E-state index contributed by atoms with van der Waals surface area (Å²) >= 11 is 1.29. The van der Waals surface area contributed by atoms with Crippen LogP contribution in [0.5, 0.6) is 0 Å². The zero-order valence-corrected chi connectivity index (χ0v) is 17.8. The lowest BCUT2D eigenvalue weighted by Crippen LogP contribution is -2.24. The average Bonchev–Trinajstić information content (AvgIpc) is 2.81. The van der Waals surface area contributed by atoms with Crippen LogP contribution in [0, 0.1) is 0 Å². The van der Waals surface area contributed by atoms with Crippen LogP contribution in [0.25, 0.3) is 10.9 Å². The molecule has 156 valence electrons. The van der Waals surface area contributed by atoms with Crippen LogP contribution in [-0.4, -0.2) is 21.2 Å². The number of thioether (sulfide) groups is 1. The minimum absolute atomic E-state index is 0.0652. The van der Waals surface area contributed by atoms with Gasteiger partial charge in [0, 0.05) is 12.2 Å². The van der Waals surface area contributed by atoms with Gasteiger partial charge in [-0.25, -0.2) is 4.98 Å². The maximum Gasteiger partial charge on any atom is 0.262 e. The second-order valence-electron chi connectivity index (χ2n) is 7.16. The Labute approximate surface area is 185 Å². The molecular formula is C25H23N3O2S. The van der Waals surface area contributed by atoms with Gasteiger partial charge in [-0.05, 0) is 42.7 Å². The van der Waals surface area contributed by atoms with E-state index in [4.69, 9.17) is 0 Å². The molecule has 0 bridgehead atoms. The van der Waals surface area contributed by atoms with E-state index in [-0.39, 0.29) is 17.2 Å². The highest BCUT2D eigenvalue weighted by atomic mass is 32.2. The molecule has 1 aromatic heterocycles. The monoisotopic (exact) mass is 429 g/mol. The molecule has 4 aromatic rings. The number of anilines is 1. The number of amides is 1. The molecule has 0 spiro atoms. The Bertz CT molecular complexity index is 1220. The zero-order chi connectivity index (χ0) is 21.5. The van der Waals surface area contributed by atoms with Gasteiger partial charge in [-0.2, -0.15) is 0 Å². The van der Waals surface area contributed by atoms with Crippen molar-refractivity contribution < 1.29 is 4.79 Å². The summed E-state index contributed by atoms with van der Waals surface area (Å²) in [7, 11) is 0. The summed E-state index contributed by atoms with van der Waals surface area (Å²) in [5, 5.41) is 4.04. The van der Waals surface area contributed by atoms with E-state index in [2.05, 4.69) is 22.4 Å². The Morgan fingerprint density at radius 1 is 0.903 bits per heavy atom. The fraction of sp³-hybridized carbons (Fsp3) is 0.160. The van der Waals surface area contributed by atoms with Gasteiger partial charge < -0.3 is 5.32 Å². The van der Waals surface area contributed by atoms with Gasteiger partial charge >= 0.3 is 0 Å². The van der Waals surface area contributed by atoms with E-state index < -0.39 is 0 Å². The molecule has 5 nitrogen and oxygen atoms in total. The number of benzene rings is 3. The summed E-state index contributed by atoms with van der Waals surface area (Å²) in [5.41, 5.74) is 2.57. The fourth-order valence-corrected chi connectivity index (χ4v) is 4.21. The number of hydrogen-bond donors (Lipinski definition) is 1. The Balaban J connectivity index is 1.52. The standard InChI is InChI=1S/C25H23N3O2S/c29-23(26-20-13-5-2-6-14-20)18-31-25-27-22-16-8-7-15-21(22)24(30)28(25)17-9-12-19-10-3-1-4-11-19/h1-8,10-11,13-16H,9,12,17-18H2,(H,26,29). The second-order valence-corrected chi connectivity index (χ2v) is 8.10. The highest BCUT2D eigenvalue weighted by Gasteiger charge is 2.13. The molecule has 0 aliphatic rings. The molecular weight excluding hydrogens is 406 g/mol. The van der Waals surface area contributed by atoms with Gasteiger partial charge in [0.2, 0.25) is 5.91 Å². The van der Waals surface area contributed by atoms with Crippen LogP contribution in [0.3, 0.4) is 0 Å². The molecule has 4 rings (SSSR count). The molecule has 1 amide bonds. The van der Waals surface area contributed by atoms with Crippen molar-refractivity contribution in [3.63, 3.8) is 0 Å². The molecule has 31 heavy (non-hydrogen) atoms. The first kappa shape index (κ1) is 20.9. The van der Waals surface area contributed by atoms with Crippen LogP contribution in [0.4, 0.5) is 5.69 Å². The van der Waals surface area contributed by atoms with Crippen molar-refractivity contribution in [3.05, 3.63) is 101 Å². The molecule has 0 aliphatic carbocycles. The predicted molar refractivity (Wildman–Crippen MR) is 127 cm³/mol. The van der Waals surface area contributed by atoms with Gasteiger partial charge in [-0.1, -0.05) is 72.4 Å². The highest BCUT2D eigenvalue weighted by molar-refractivity contribution is 7.99. The molecule has 3 aromatic carbocycles. The molecule has 0 saturated carbocycles. The van der Waals surface area contributed by atoms with E-state index >= 15 is 0 Å². The third-order valence-electron chi connectivity index (χ3n) is 4.91. The van der Waals surface area contributed by atoms with E-state index in [9.17, 15) is 9.59 Å². The van der Waals surface area contributed by atoms with Crippen molar-refractivity contribution in [2.45, 2.75) is 24.5 Å². The van der Waals surface area contributed by atoms with Crippen molar-refractivity contribution in [2.75, 3.05) is 11.1 Å². The van der Waals surface area contributed by atoms with Gasteiger partial charge in [0.1, 0.15) is 0 Å². The number of aromatic nitrogens is 2. The summed E-state index contributed by atoms with van der Waals surface area (Å²) < 4.78 is 1.70. The number of para-hydroxylation sites is 2. The molecule has 1 heterocycles. The van der Waals surface area contributed by atoms with E-state index in [1.165, 1.54) is 17.3 Å². The molecule has 1 N–H and O–H groups in total. The first-order chi connectivity index (χ1) is 15.2. The van der Waals surface area contributed by atoms with Crippen LogP contribution in [0.2, 0.25) is 0 Å². The molecule has 0 saturated heterocycles. The van der Waals surface area contributed by atoms with E-state index in [1.807, 2.05) is 66.7 Å². The largest absolute Gasteiger partial charge is 0.325 e. The molecule has 0 atom stereocenters. The summed E-state index contributed by atoms with van der Waals surface area (Å²) in [6, 6.07) is 26.9. The van der Waals surface area contributed by atoms with Crippen LogP contribution in [0.1, 0.15) is 12.0 Å². The van der Waals surface area contributed by atoms with Gasteiger partial charge in [0.05, 0.1) is 16.7 Å². The number of hydrogen-bond acceptors (Lipinski definition) is 4. The fourth-order valence-electron chi connectivity index (χ4n) is 3.39. The Hall–Kier alpha value is -3.38. The minimum atomic E-state index is -0.130. The van der Waals surface area contributed by atoms with Crippen molar-refractivity contribution >= 4 is 34.3 Å². The average molecular weight is 430 g/mol. The summed E-state index contributed by atoms with van der Waals surface area (Å²) in [5.74, 6) is 0.0488. The third kappa shape index (κ3) is 5.41. The second kappa shape index (κ2) is 10.1. The van der Waals surface area contributed by atoms with Crippen molar-refractivity contribution in [1.82, 2.24) is 9.55 Å². The molecule has 0 radical (unpaired) electrons. The molecule has 0 aliphatic heterocycles. The van der Waals surface area contributed by atoms with Gasteiger partial charge in [-0.3, -0.25) is 14.2 Å². The number of rotatable bonds is 8. The SMILES string of the molecule is O=C(CSc1nc2ccccc2c(=O)n1CCCc1ccccc1)Nc1ccccc1. The van der Waals surface area contributed by atoms with Crippen LogP contribution < -0.4 is 10.9 Å². The van der Waals surface area contributed by atoms with E-state index in [0.717, 1.165) is 18.5 Å². The molecule has 0 unspecified atom stereocenters. The lowest BCUT2D eigenvalue weighted by molar-refractivity contribution is -0.113. The zero-order valence-electron chi connectivity index (χ0n) is 17.0. The van der Waals surface area contributed by atoms with Crippen LogP contribution in [-0.2, 0) is 17.8 Å². The number of aryl methyl sites for hydroxylation is 1. The highest BCUT2D eigenvalue weighted by Crippen LogP contribution is 2.19. The quantitative estimate of drug-likeness (QED) is 0.324. The van der Waals surface area contributed by atoms with E-state index in [0.29, 0.717) is 22.6 Å². The topological polar surface area (TPSA) is 64.0 Å². The first-order valence-electron chi connectivity index (χ1n) is 10.2. The van der Waals surface area contributed by atoms with Gasteiger partial charge in [0.15, 0.2) is 5.16 Å². The summed E-state index contributed by atoms with van der Waals surface area (Å²) in [6.07, 6.45) is 1.69. The van der Waals surface area contributed by atoms with Crippen LogP contribution in [0.15, 0.2) is 94.9 Å².